The van der Waals surface area contributed by atoms with E-state index in [1.807, 2.05) is 6.07 Å². The molecule has 1 aromatic carbocycles. The molecule has 0 spiro atoms. The summed E-state index contributed by atoms with van der Waals surface area (Å²) in [5, 5.41) is 8.43. The van der Waals surface area contributed by atoms with Gasteiger partial charge in [0.25, 0.3) is 0 Å². The normalized spacial score (nSPS) is 7.82. The van der Waals surface area contributed by atoms with Crippen molar-refractivity contribution in [2.24, 2.45) is 0 Å². The molecule has 0 amide bonds. The van der Waals surface area contributed by atoms with Crippen molar-refractivity contribution in [3.05, 3.63) is 66.1 Å². The first-order chi connectivity index (χ1) is 7.24. The molecular formula is C9H20ClCoN6O5-2. The Labute approximate surface area is 141 Å². The van der Waals surface area contributed by atoms with Crippen molar-refractivity contribution in [2.45, 2.75) is 6.92 Å². The zero-order valence-corrected chi connectivity index (χ0v) is 13.3. The fourth-order valence-electron chi connectivity index (χ4n) is 0.779. The summed E-state index contributed by atoms with van der Waals surface area (Å²) < 4.78 is 30.2. The van der Waals surface area contributed by atoms with Gasteiger partial charge in [0.1, 0.15) is 0 Å². The number of ketones is 1. The molecule has 0 bridgehead atoms. The predicted molar refractivity (Wildman–Crippen MR) is 74.2 cm³/mol. The molecule has 0 saturated carbocycles. The molecule has 11 nitrogen and oxygen atoms in total. The third-order valence-corrected chi connectivity index (χ3v) is 1.42. The second-order valence-electron chi connectivity index (χ2n) is 2.68. The number of hydrogen-bond donors (Lipinski definition) is 3. The Hall–Kier alpha value is -1.18. The molecule has 0 fully saturated rings. The number of rotatable bonds is 1. The van der Waals surface area contributed by atoms with Gasteiger partial charge in [-0.25, -0.2) is 0 Å². The van der Waals surface area contributed by atoms with Gasteiger partial charge in [0, 0.05) is 5.56 Å². The molecule has 13 heteroatoms. The van der Waals surface area contributed by atoms with E-state index in [1.54, 1.807) is 24.3 Å². The molecule has 0 aliphatic heterocycles. The van der Waals surface area contributed by atoms with Crippen LogP contribution in [0.4, 0.5) is 0 Å². The summed E-state index contributed by atoms with van der Waals surface area (Å²) in [6.45, 7) is 1.50. The van der Waals surface area contributed by atoms with E-state index < -0.39 is 10.2 Å². The molecule has 0 unspecified atom stereocenters. The molecule has 1 rings (SSSR count). The van der Waals surface area contributed by atoms with E-state index in [4.69, 9.17) is 23.9 Å². The van der Waals surface area contributed by atoms with Crippen molar-refractivity contribution in [1.82, 2.24) is 0 Å². The summed E-state index contributed by atoms with van der Waals surface area (Å²) in [6, 6.07) is 8.56. The molecule has 0 radical (unpaired) electrons. The number of carbonyl (C=O) groups is 1. The van der Waals surface area contributed by atoms with Crippen LogP contribution in [0, 0.1) is 21.6 Å². The van der Waals surface area contributed by atoms with Crippen LogP contribution >= 0.6 is 0 Å². The van der Waals surface area contributed by atoms with Crippen LogP contribution in [0.15, 0.2) is 24.3 Å². The van der Waals surface area contributed by atoms with Crippen LogP contribution < -0.4 is 4.66 Å². The van der Waals surface area contributed by atoms with Crippen molar-refractivity contribution in [2.75, 3.05) is 0 Å². The molecule has 1 aromatic rings. The van der Waals surface area contributed by atoms with Crippen LogP contribution in [-0.4, -0.2) is 19.8 Å². The van der Waals surface area contributed by atoms with Crippen molar-refractivity contribution < 1.29 is 50.5 Å². The van der Waals surface area contributed by atoms with Crippen LogP contribution in [0.2, 0.25) is 0 Å². The second-order valence-corrected chi connectivity index (χ2v) is 3.55. The fourth-order valence-corrected chi connectivity index (χ4v) is 0.779. The van der Waals surface area contributed by atoms with Crippen molar-refractivity contribution in [3.63, 3.8) is 0 Å². The predicted octanol–water partition coefficient (Wildman–Crippen LogP) is 2.48. The Morgan fingerprint density at radius 3 is 1.50 bits per heavy atom. The molecule has 0 atom stereocenters. The third kappa shape index (κ3) is 27.2. The molecule has 0 aromatic heterocycles. The van der Waals surface area contributed by atoms with E-state index in [-0.39, 0.29) is 53.3 Å². The van der Waals surface area contributed by atoms with E-state index in [0.717, 1.165) is 0 Å². The summed E-state index contributed by atoms with van der Waals surface area (Å²) in [5.74, 6) is 0.0227. The van der Waals surface area contributed by atoms with Crippen LogP contribution in [0.3, 0.4) is 0 Å². The van der Waals surface area contributed by atoms with Gasteiger partial charge < -0.3 is 30.8 Å². The molecule has 0 aliphatic rings. The average Bonchev–Trinajstić information content (AvgIpc) is 2.15. The Morgan fingerprint density at radius 2 is 1.32 bits per heavy atom. The first-order valence-electron chi connectivity index (χ1n) is 3.91. The molecule has 0 saturated heterocycles. The van der Waals surface area contributed by atoms with Gasteiger partial charge in [0.2, 0.25) is 0 Å². The third-order valence-electron chi connectivity index (χ3n) is 1.42. The zero-order chi connectivity index (χ0) is 12.8. The Kier molecular flexibility index (Phi) is 38.6. The Morgan fingerprint density at radius 1 is 1.05 bits per heavy atom. The minimum absolute atomic E-state index is 0. The summed E-state index contributed by atoms with van der Waals surface area (Å²) in [7, 11) is -4.19. The quantitative estimate of drug-likeness (QED) is 0.607. The average molecular weight is 387 g/mol. The zero-order valence-electron chi connectivity index (χ0n) is 11.5. The van der Waals surface area contributed by atoms with Gasteiger partial charge >= 0.3 is 45.7 Å². The van der Waals surface area contributed by atoms with E-state index in [9.17, 15) is 4.79 Å². The standard InChI is InChI=1S/C9H7NO.ClH3O4.Co.5H2N/c1-7(11)9-4-2-8(6-10)3-5-9;2-1(3,4)5;;;;;;/h2-5H,1H3;2-4H;;5*1H2/q;;+3;5*-1. The summed E-state index contributed by atoms with van der Waals surface area (Å²) in [6.07, 6.45) is 0. The Balaban J connectivity index is -0.0000000371. The molecule has 22 heavy (non-hydrogen) atoms. The number of halogens is 1. The number of Topliss-reactive ketones (excluding diaryl/α,β-unsaturated/α-hetero) is 1. The monoisotopic (exact) mass is 386 g/mol. The van der Waals surface area contributed by atoms with Crippen LogP contribution in [-0.2, 0) is 16.8 Å². The number of carbonyl (C=O) groups excluding carboxylic acids is 1. The number of nitrogens with two attached hydrogens (primary N) is 5. The maximum atomic E-state index is 10.8. The first kappa shape index (κ1) is 42.8. The molecule has 0 aliphatic carbocycles. The summed E-state index contributed by atoms with van der Waals surface area (Å²) in [5.41, 5.74) is 1.22. The first-order valence-corrected chi connectivity index (χ1v) is 5.23. The second kappa shape index (κ2) is 19.8. The summed E-state index contributed by atoms with van der Waals surface area (Å²) >= 11 is 0. The van der Waals surface area contributed by atoms with Gasteiger partial charge in [-0.15, -0.1) is 0 Å². The van der Waals surface area contributed by atoms with Crippen LogP contribution in [0.25, 0.3) is 30.8 Å². The number of benzene rings is 1. The number of hydrogen-bond acceptors (Lipinski definition) is 6. The number of nitrogens with zero attached hydrogens (tertiary/aromatic N) is 1. The molecular weight excluding hydrogens is 367 g/mol. The van der Waals surface area contributed by atoms with E-state index >= 15 is 0 Å². The van der Waals surface area contributed by atoms with Crippen molar-refractivity contribution in [3.8, 4) is 6.07 Å². The Bertz CT molecular complexity index is 402. The van der Waals surface area contributed by atoms with Gasteiger partial charge in [-0.1, -0.05) is 12.1 Å². The van der Waals surface area contributed by atoms with Crippen molar-refractivity contribution in [1.29, 1.82) is 5.26 Å². The van der Waals surface area contributed by atoms with Gasteiger partial charge in [-0.2, -0.15) is 5.26 Å². The number of nitriles is 1. The van der Waals surface area contributed by atoms with E-state index in [1.165, 1.54) is 6.92 Å². The van der Waals surface area contributed by atoms with Gasteiger partial charge in [0.15, 0.2) is 5.78 Å². The van der Waals surface area contributed by atoms with Gasteiger partial charge in [-0.3, -0.25) is 4.79 Å². The van der Waals surface area contributed by atoms with Gasteiger partial charge in [-0.05, 0) is 19.1 Å². The summed E-state index contributed by atoms with van der Waals surface area (Å²) in [4.78, 5) is 10.8. The topological polar surface area (TPSA) is 292 Å². The molecule has 134 valence electrons. The van der Waals surface area contributed by atoms with Gasteiger partial charge in [0.05, 0.1) is 11.6 Å². The SMILES string of the molecule is CC(=O)c1ccc(C#N)cc1.[Co+3].[NH2-].[NH2-].[NH2-].[NH2-].[NH2-].[O-][Cl+](O)(O)O. The minimum atomic E-state index is -4.19. The van der Waals surface area contributed by atoms with Crippen LogP contribution in [0.5, 0.6) is 0 Å². The maximum absolute atomic E-state index is 10.8. The van der Waals surface area contributed by atoms with E-state index in [0.29, 0.717) is 11.1 Å². The fraction of sp³-hybridized carbons (Fsp3) is 0.111. The molecule has 13 N–H and O–H groups in total. The van der Waals surface area contributed by atoms with Crippen molar-refractivity contribution >= 4 is 5.78 Å². The molecule has 0 heterocycles. The van der Waals surface area contributed by atoms with Crippen LogP contribution in [0.1, 0.15) is 22.8 Å². The van der Waals surface area contributed by atoms with E-state index in [2.05, 4.69) is 0 Å².